The number of carbonyl (C=O) groups is 2. The van der Waals surface area contributed by atoms with Gasteiger partial charge in [0.1, 0.15) is 5.84 Å². The summed E-state index contributed by atoms with van der Waals surface area (Å²) in [6.07, 6.45) is -6.58. The normalized spacial score (nSPS) is 17.1. The summed E-state index contributed by atoms with van der Waals surface area (Å²) in [6.45, 7) is 4.76. The van der Waals surface area contributed by atoms with Gasteiger partial charge in [0, 0.05) is 5.57 Å². The lowest BCUT2D eigenvalue weighted by Crippen LogP contribution is -2.34. The molecule has 1 aliphatic heterocycles. The summed E-state index contributed by atoms with van der Waals surface area (Å²) in [4.78, 5) is 22.3. The fourth-order valence-corrected chi connectivity index (χ4v) is 1.05. The largest absolute Gasteiger partial charge is 0.308 e. The Balaban J connectivity index is 2.72. The average molecular weight is 249 g/mol. The van der Waals surface area contributed by atoms with E-state index < -0.39 is 31.0 Å². The first-order valence-electron chi connectivity index (χ1n) is 4.61. The predicted molar refractivity (Wildman–Crippen MR) is 52.8 cm³/mol. The highest BCUT2D eigenvalue weighted by Gasteiger charge is 2.36. The topological polar surface area (TPSA) is 61.8 Å². The van der Waals surface area contributed by atoms with E-state index in [2.05, 4.69) is 17.0 Å². The highest BCUT2D eigenvalue weighted by Crippen LogP contribution is 2.17. The maximum Gasteiger partial charge on any atom is 0.289 e. The zero-order valence-corrected chi connectivity index (χ0v) is 8.91. The smallest absolute Gasteiger partial charge is 0.289 e. The zero-order chi connectivity index (χ0) is 13.2. The van der Waals surface area contributed by atoms with Gasteiger partial charge in [0.15, 0.2) is 0 Å². The van der Waals surface area contributed by atoms with E-state index in [0.717, 1.165) is 0 Å². The maximum absolute atomic E-state index is 12.9. The molecular weight excluding hydrogens is 239 g/mol. The molecule has 0 spiro atoms. The second-order valence-corrected chi connectivity index (χ2v) is 3.40. The van der Waals surface area contributed by atoms with E-state index in [1.165, 1.54) is 6.92 Å². The van der Waals surface area contributed by atoms with E-state index in [9.17, 15) is 22.8 Å². The Bertz CT molecular complexity index is 395. The van der Waals surface area contributed by atoms with Crippen LogP contribution < -0.4 is 5.32 Å². The van der Waals surface area contributed by atoms with Gasteiger partial charge in [-0.05, 0) is 6.92 Å². The third-order valence-corrected chi connectivity index (χ3v) is 1.89. The lowest BCUT2D eigenvalue weighted by Gasteiger charge is -2.15. The molecule has 1 aliphatic rings. The molecule has 0 fully saturated rings. The molecule has 1 N–H and O–H groups in total. The van der Waals surface area contributed by atoms with Crippen molar-refractivity contribution in [3.05, 3.63) is 12.2 Å². The molecule has 0 aliphatic carbocycles. The first-order valence-corrected chi connectivity index (χ1v) is 4.61. The number of nitrogens with one attached hydrogen (secondary N) is 1. The van der Waals surface area contributed by atoms with Crippen molar-refractivity contribution < 1.29 is 22.8 Å². The Hall–Kier alpha value is -1.86. The van der Waals surface area contributed by atoms with Crippen LogP contribution in [0.2, 0.25) is 0 Å². The number of carbonyl (C=O) groups excluding carboxylic acids is 2. The van der Waals surface area contributed by atoms with Crippen LogP contribution in [0.25, 0.3) is 0 Å². The monoisotopic (exact) mass is 249 g/mol. The van der Waals surface area contributed by atoms with Gasteiger partial charge in [-0.1, -0.05) is 6.58 Å². The van der Waals surface area contributed by atoms with Crippen LogP contribution >= 0.6 is 0 Å². The van der Waals surface area contributed by atoms with Crippen LogP contribution in [0.4, 0.5) is 13.2 Å². The lowest BCUT2D eigenvalue weighted by atomic mass is 10.3. The Morgan fingerprint density at radius 2 is 2.12 bits per heavy atom. The van der Waals surface area contributed by atoms with Crippen LogP contribution in [0.3, 0.4) is 0 Å². The second-order valence-electron chi connectivity index (χ2n) is 3.40. The fraction of sp³-hybridized carbons (Fsp3) is 0.444. The average Bonchev–Trinajstić information content (AvgIpc) is 2.57. The molecule has 1 atom stereocenters. The molecule has 5 nitrogen and oxygen atoms in total. The first kappa shape index (κ1) is 13.2. The lowest BCUT2D eigenvalue weighted by molar-refractivity contribution is -0.141. The second kappa shape index (κ2) is 4.98. The van der Waals surface area contributed by atoms with Crippen LogP contribution in [0, 0.1) is 0 Å². The summed E-state index contributed by atoms with van der Waals surface area (Å²) < 4.78 is 36.9. The molecule has 1 unspecified atom stereocenters. The molecule has 0 bridgehead atoms. The van der Waals surface area contributed by atoms with Crippen molar-refractivity contribution in [2.45, 2.75) is 26.1 Å². The molecule has 0 saturated carbocycles. The van der Waals surface area contributed by atoms with Crippen molar-refractivity contribution in [1.29, 1.82) is 0 Å². The van der Waals surface area contributed by atoms with Gasteiger partial charge >= 0.3 is 0 Å². The Kier molecular flexibility index (Phi) is 3.87. The Labute approximate surface area is 95.0 Å². The molecule has 1 heterocycles. The number of amides is 2. The van der Waals surface area contributed by atoms with E-state index >= 15 is 0 Å². The third-order valence-electron chi connectivity index (χ3n) is 1.89. The number of hydrazone groups is 1. The molecule has 0 radical (unpaired) electrons. The van der Waals surface area contributed by atoms with Crippen molar-refractivity contribution in [2.24, 2.45) is 5.10 Å². The molecule has 17 heavy (non-hydrogen) atoms. The van der Waals surface area contributed by atoms with Crippen LogP contribution in [-0.2, 0) is 9.59 Å². The minimum atomic E-state index is -3.35. The number of hydrogen-bond acceptors (Lipinski definition) is 3. The number of rotatable bonds is 3. The SMILES string of the molecule is C=C(C)C(=O)NC1=NN(C(F)C(F)F)C(=O)C1. The zero-order valence-electron chi connectivity index (χ0n) is 8.91. The van der Waals surface area contributed by atoms with Crippen molar-refractivity contribution in [2.75, 3.05) is 0 Å². The van der Waals surface area contributed by atoms with Gasteiger partial charge in [-0.25, -0.2) is 13.2 Å². The third kappa shape index (κ3) is 3.05. The summed E-state index contributed by atoms with van der Waals surface area (Å²) >= 11 is 0. The number of amidine groups is 1. The number of alkyl halides is 3. The Morgan fingerprint density at radius 3 is 2.59 bits per heavy atom. The molecule has 0 aromatic heterocycles. The Morgan fingerprint density at radius 1 is 1.53 bits per heavy atom. The molecule has 0 saturated heterocycles. The molecule has 0 aromatic carbocycles. The maximum atomic E-state index is 12.9. The standard InChI is InChI=1S/C9H10F3N3O2/c1-4(2)9(17)13-5-3-6(16)15(14-5)8(12)7(10)11/h7-8H,1,3H2,2H3,(H,13,14,17). The minimum Gasteiger partial charge on any atom is -0.308 e. The van der Waals surface area contributed by atoms with Crippen LogP contribution in [0.15, 0.2) is 17.3 Å². The first-order chi connectivity index (χ1) is 7.82. The molecule has 94 valence electrons. The molecule has 8 heteroatoms. The van der Waals surface area contributed by atoms with E-state index in [0.29, 0.717) is 0 Å². The van der Waals surface area contributed by atoms with Gasteiger partial charge in [0.2, 0.25) is 0 Å². The van der Waals surface area contributed by atoms with Crippen molar-refractivity contribution in [3.8, 4) is 0 Å². The fourth-order valence-electron chi connectivity index (χ4n) is 1.05. The summed E-state index contributed by atoms with van der Waals surface area (Å²) in [5.41, 5.74) is 0.157. The van der Waals surface area contributed by atoms with Crippen LogP contribution in [-0.4, -0.2) is 35.4 Å². The van der Waals surface area contributed by atoms with Gasteiger partial charge in [-0.2, -0.15) is 10.1 Å². The minimum absolute atomic E-state index is 0.0265. The number of hydrogen-bond donors (Lipinski definition) is 1. The number of halogens is 3. The van der Waals surface area contributed by atoms with E-state index in [1.54, 1.807) is 0 Å². The van der Waals surface area contributed by atoms with Crippen molar-refractivity contribution >= 4 is 17.6 Å². The van der Waals surface area contributed by atoms with E-state index in [1.807, 2.05) is 0 Å². The quantitative estimate of drug-likeness (QED) is 0.593. The van der Waals surface area contributed by atoms with E-state index in [4.69, 9.17) is 0 Å². The summed E-state index contributed by atoms with van der Waals surface area (Å²) in [7, 11) is 0. The molecule has 2 amide bonds. The van der Waals surface area contributed by atoms with Crippen molar-refractivity contribution in [3.63, 3.8) is 0 Å². The molecule has 1 rings (SSSR count). The summed E-state index contributed by atoms with van der Waals surface area (Å²) in [5.74, 6) is -1.72. The van der Waals surface area contributed by atoms with Gasteiger partial charge in [-0.15, -0.1) is 0 Å². The summed E-state index contributed by atoms with van der Waals surface area (Å²) in [6, 6.07) is 0. The van der Waals surface area contributed by atoms with Crippen LogP contribution in [0.5, 0.6) is 0 Å². The van der Waals surface area contributed by atoms with Gasteiger partial charge in [0.25, 0.3) is 24.5 Å². The highest BCUT2D eigenvalue weighted by atomic mass is 19.3. The molecule has 0 aromatic rings. The number of nitrogens with zero attached hydrogens (tertiary/aromatic N) is 2. The predicted octanol–water partition coefficient (Wildman–Crippen LogP) is 0.785. The summed E-state index contributed by atoms with van der Waals surface area (Å²) in [5, 5.41) is 5.48. The van der Waals surface area contributed by atoms with Gasteiger partial charge in [0.05, 0.1) is 6.42 Å². The molecular formula is C9H10F3N3O2. The van der Waals surface area contributed by atoms with E-state index in [-0.39, 0.29) is 16.4 Å². The van der Waals surface area contributed by atoms with Gasteiger partial charge < -0.3 is 5.32 Å². The highest BCUT2D eigenvalue weighted by molar-refractivity contribution is 6.12. The van der Waals surface area contributed by atoms with Crippen molar-refractivity contribution in [1.82, 2.24) is 10.3 Å². The van der Waals surface area contributed by atoms with Gasteiger partial charge in [-0.3, -0.25) is 9.59 Å². The van der Waals surface area contributed by atoms with Crippen LogP contribution in [0.1, 0.15) is 13.3 Å².